The average Bonchev–Trinajstić information content (AvgIpc) is 2.96. The highest BCUT2D eigenvalue weighted by Gasteiger charge is 2.37. The molecule has 1 aliphatic heterocycles. The van der Waals surface area contributed by atoms with E-state index >= 15 is 0 Å². The topological polar surface area (TPSA) is 66.5 Å². The molecule has 1 N–H and O–H groups in total. The van der Waals surface area contributed by atoms with Gasteiger partial charge in [-0.2, -0.15) is 0 Å². The van der Waals surface area contributed by atoms with Gasteiger partial charge in [0.1, 0.15) is 0 Å². The number of carbonyl (C=O) groups is 1. The largest absolute Gasteiger partial charge is 0.325 e. The first-order valence-corrected chi connectivity index (χ1v) is 8.59. The van der Waals surface area contributed by atoms with Gasteiger partial charge in [0.15, 0.2) is 9.84 Å². The van der Waals surface area contributed by atoms with E-state index in [1.54, 1.807) is 11.8 Å². The quantitative estimate of drug-likeness (QED) is 0.786. The van der Waals surface area contributed by atoms with Crippen LogP contribution in [0.3, 0.4) is 0 Å². The molecule has 0 spiro atoms. The van der Waals surface area contributed by atoms with Crippen molar-refractivity contribution in [2.24, 2.45) is 5.92 Å². The lowest BCUT2D eigenvalue weighted by molar-refractivity contribution is -0.128. The molecule has 104 valence electrons. The maximum absolute atomic E-state index is 11.8. The number of nitrogens with one attached hydrogen (secondary N) is 1. The Hall–Kier alpha value is -0.620. The predicted molar refractivity (Wildman–Crippen MR) is 69.8 cm³/mol. The zero-order valence-corrected chi connectivity index (χ0v) is 11.7. The Bertz CT molecular complexity index is 402. The summed E-state index contributed by atoms with van der Waals surface area (Å²) in [5, 5.41) is 3.23. The van der Waals surface area contributed by atoms with Crippen LogP contribution in [0.4, 0.5) is 0 Å². The second-order valence-electron chi connectivity index (χ2n) is 5.19. The van der Waals surface area contributed by atoms with Gasteiger partial charge < -0.3 is 4.90 Å². The predicted octanol–water partition coefficient (Wildman–Crippen LogP) is 0.369. The van der Waals surface area contributed by atoms with Crippen LogP contribution in [0.2, 0.25) is 0 Å². The number of nitrogens with zero attached hydrogens (tertiary/aromatic N) is 1. The molecule has 0 aromatic carbocycles. The minimum atomic E-state index is -3.00. The van der Waals surface area contributed by atoms with Crippen LogP contribution in [0, 0.1) is 5.92 Å². The number of sulfone groups is 1. The first-order chi connectivity index (χ1) is 8.53. The molecule has 1 saturated heterocycles. The molecule has 2 fully saturated rings. The number of amides is 1. The van der Waals surface area contributed by atoms with Crippen LogP contribution >= 0.6 is 0 Å². The van der Waals surface area contributed by atoms with Crippen molar-refractivity contribution < 1.29 is 13.2 Å². The maximum atomic E-state index is 11.8. The monoisotopic (exact) mass is 274 g/mol. The third-order valence-electron chi connectivity index (χ3n) is 4.05. The van der Waals surface area contributed by atoms with Crippen LogP contribution in [0.5, 0.6) is 0 Å². The van der Waals surface area contributed by atoms with E-state index in [1.807, 2.05) is 0 Å². The van der Waals surface area contributed by atoms with Gasteiger partial charge in [0.25, 0.3) is 0 Å². The van der Waals surface area contributed by atoms with Crippen molar-refractivity contribution >= 4 is 15.7 Å². The molecular formula is C12H22N2O3S. The SMILES string of the molecule is CCS(=O)(=O)CCN1C(=O)CNC1C1CCCC1. The van der Waals surface area contributed by atoms with Crippen LogP contribution in [0.15, 0.2) is 0 Å². The van der Waals surface area contributed by atoms with Crippen molar-refractivity contribution in [3.05, 3.63) is 0 Å². The Labute approximate surface area is 109 Å². The number of carbonyl (C=O) groups excluding carboxylic acids is 1. The van der Waals surface area contributed by atoms with E-state index in [1.165, 1.54) is 12.8 Å². The van der Waals surface area contributed by atoms with Gasteiger partial charge in [-0.05, 0) is 18.8 Å². The number of rotatable bonds is 5. The normalized spacial score (nSPS) is 26.2. The van der Waals surface area contributed by atoms with Crippen molar-refractivity contribution in [1.29, 1.82) is 0 Å². The Balaban J connectivity index is 1.97. The third kappa shape index (κ3) is 3.03. The van der Waals surface area contributed by atoms with E-state index in [-0.39, 0.29) is 23.6 Å². The fourth-order valence-corrected chi connectivity index (χ4v) is 3.66. The highest BCUT2D eigenvalue weighted by Crippen LogP contribution is 2.30. The summed E-state index contributed by atoms with van der Waals surface area (Å²) >= 11 is 0. The summed E-state index contributed by atoms with van der Waals surface area (Å²) < 4.78 is 23.1. The maximum Gasteiger partial charge on any atom is 0.237 e. The van der Waals surface area contributed by atoms with Crippen LogP contribution in [-0.4, -0.2) is 50.0 Å². The molecule has 1 saturated carbocycles. The van der Waals surface area contributed by atoms with Crippen LogP contribution in [-0.2, 0) is 14.6 Å². The van der Waals surface area contributed by atoms with E-state index in [0.717, 1.165) is 12.8 Å². The molecule has 0 bridgehead atoms. The zero-order valence-electron chi connectivity index (χ0n) is 10.9. The standard InChI is InChI=1S/C12H22N2O3S/c1-2-18(16,17)8-7-14-11(15)9-13-12(14)10-5-3-4-6-10/h10,12-13H,2-9H2,1H3. The van der Waals surface area contributed by atoms with Crippen LogP contribution in [0.25, 0.3) is 0 Å². The lowest BCUT2D eigenvalue weighted by Gasteiger charge is -2.28. The van der Waals surface area contributed by atoms with Crippen molar-refractivity contribution in [3.63, 3.8) is 0 Å². The van der Waals surface area contributed by atoms with E-state index < -0.39 is 9.84 Å². The fourth-order valence-electron chi connectivity index (χ4n) is 2.90. The van der Waals surface area contributed by atoms with Crippen molar-refractivity contribution in [2.45, 2.75) is 38.8 Å². The van der Waals surface area contributed by atoms with E-state index in [0.29, 0.717) is 19.0 Å². The lowest BCUT2D eigenvalue weighted by Crippen LogP contribution is -2.44. The van der Waals surface area contributed by atoms with Gasteiger partial charge in [-0.15, -0.1) is 0 Å². The summed E-state index contributed by atoms with van der Waals surface area (Å²) in [5.74, 6) is 0.774. The molecule has 1 heterocycles. The van der Waals surface area contributed by atoms with Crippen LogP contribution in [0.1, 0.15) is 32.6 Å². The minimum absolute atomic E-state index is 0.0400. The molecule has 0 aromatic rings. The Morgan fingerprint density at radius 3 is 2.61 bits per heavy atom. The van der Waals surface area contributed by atoms with Crippen molar-refractivity contribution in [2.75, 3.05) is 24.6 Å². The molecule has 1 atom stereocenters. The molecule has 6 heteroatoms. The molecule has 1 aliphatic carbocycles. The average molecular weight is 274 g/mol. The summed E-state index contributed by atoms with van der Waals surface area (Å²) in [7, 11) is -3.00. The number of hydrogen-bond acceptors (Lipinski definition) is 4. The highest BCUT2D eigenvalue weighted by molar-refractivity contribution is 7.91. The van der Waals surface area contributed by atoms with Gasteiger partial charge in [0.2, 0.25) is 5.91 Å². The van der Waals surface area contributed by atoms with Gasteiger partial charge in [-0.3, -0.25) is 10.1 Å². The van der Waals surface area contributed by atoms with Gasteiger partial charge in [0, 0.05) is 12.3 Å². The Morgan fingerprint density at radius 1 is 1.33 bits per heavy atom. The third-order valence-corrected chi connectivity index (χ3v) is 5.73. The summed E-state index contributed by atoms with van der Waals surface area (Å²) in [6.07, 6.45) is 4.78. The van der Waals surface area contributed by atoms with Gasteiger partial charge in [-0.25, -0.2) is 8.42 Å². The molecule has 1 amide bonds. The smallest absolute Gasteiger partial charge is 0.237 e. The molecule has 18 heavy (non-hydrogen) atoms. The molecule has 1 unspecified atom stereocenters. The summed E-state index contributed by atoms with van der Waals surface area (Å²) in [6.45, 7) is 2.34. The Morgan fingerprint density at radius 2 is 2.00 bits per heavy atom. The van der Waals surface area contributed by atoms with E-state index in [2.05, 4.69) is 5.32 Å². The zero-order chi connectivity index (χ0) is 13.2. The second-order valence-corrected chi connectivity index (χ2v) is 7.67. The molecule has 0 radical (unpaired) electrons. The molecule has 0 aromatic heterocycles. The van der Waals surface area contributed by atoms with E-state index in [4.69, 9.17) is 0 Å². The summed E-state index contributed by atoms with van der Waals surface area (Å²) in [4.78, 5) is 13.6. The van der Waals surface area contributed by atoms with Gasteiger partial charge in [0.05, 0.1) is 18.5 Å². The van der Waals surface area contributed by atoms with Gasteiger partial charge >= 0.3 is 0 Å². The second kappa shape index (κ2) is 5.57. The molecule has 2 aliphatic rings. The summed E-state index contributed by atoms with van der Waals surface area (Å²) in [5.41, 5.74) is 0. The Kier molecular flexibility index (Phi) is 4.27. The molecular weight excluding hydrogens is 252 g/mol. The van der Waals surface area contributed by atoms with Gasteiger partial charge in [-0.1, -0.05) is 19.8 Å². The first kappa shape index (κ1) is 13.8. The van der Waals surface area contributed by atoms with Crippen molar-refractivity contribution in [1.82, 2.24) is 10.2 Å². The molecule has 2 rings (SSSR count). The highest BCUT2D eigenvalue weighted by atomic mass is 32.2. The van der Waals surface area contributed by atoms with Crippen molar-refractivity contribution in [3.8, 4) is 0 Å². The minimum Gasteiger partial charge on any atom is -0.325 e. The fraction of sp³-hybridized carbons (Fsp3) is 0.917. The van der Waals surface area contributed by atoms with E-state index in [9.17, 15) is 13.2 Å². The molecule has 5 nitrogen and oxygen atoms in total. The van der Waals surface area contributed by atoms with Crippen LogP contribution < -0.4 is 5.32 Å². The number of hydrogen-bond donors (Lipinski definition) is 1. The summed E-state index contributed by atoms with van der Waals surface area (Å²) in [6, 6.07) is 0. The lowest BCUT2D eigenvalue weighted by atomic mass is 10.0. The first-order valence-electron chi connectivity index (χ1n) is 6.77.